The highest BCUT2D eigenvalue weighted by Gasteiger charge is 1.98. The van der Waals surface area contributed by atoms with Crippen LogP contribution < -0.4 is 10.6 Å². The van der Waals surface area contributed by atoms with Gasteiger partial charge in [0.2, 0.25) is 0 Å². The lowest BCUT2D eigenvalue weighted by molar-refractivity contribution is 0.125. The van der Waals surface area contributed by atoms with Gasteiger partial charge in [-0.3, -0.25) is 4.99 Å². The van der Waals surface area contributed by atoms with E-state index in [1.807, 2.05) is 18.2 Å². The number of nitrogens with zero attached hydrogens (tertiary/aromatic N) is 1. The van der Waals surface area contributed by atoms with Gasteiger partial charge in [0.1, 0.15) is 0 Å². The van der Waals surface area contributed by atoms with Gasteiger partial charge in [0, 0.05) is 20.1 Å². The van der Waals surface area contributed by atoms with E-state index in [-0.39, 0.29) is 24.0 Å². The van der Waals surface area contributed by atoms with E-state index < -0.39 is 0 Å². The lowest BCUT2D eigenvalue weighted by atomic mass is 10.2. The number of hydrogen-bond acceptors (Lipinski definition) is 2. The highest BCUT2D eigenvalue weighted by molar-refractivity contribution is 14.0. The molecule has 0 bridgehead atoms. The maximum absolute atomic E-state index is 5.59. The molecular weight excluding hydrogens is 365 g/mol. The van der Waals surface area contributed by atoms with Gasteiger partial charge in [0.15, 0.2) is 5.96 Å². The van der Waals surface area contributed by atoms with Crippen molar-refractivity contribution in [1.29, 1.82) is 0 Å². The molecule has 1 rings (SSSR count). The van der Waals surface area contributed by atoms with E-state index in [2.05, 4.69) is 41.6 Å². The zero-order valence-electron chi connectivity index (χ0n) is 12.6. The van der Waals surface area contributed by atoms with Crippen LogP contribution in [0.3, 0.4) is 0 Å². The van der Waals surface area contributed by atoms with Crippen molar-refractivity contribution in [3.05, 3.63) is 35.9 Å². The Morgan fingerprint density at radius 1 is 1.20 bits per heavy atom. The van der Waals surface area contributed by atoms with Crippen LogP contribution in [0.25, 0.3) is 0 Å². The van der Waals surface area contributed by atoms with Gasteiger partial charge in [-0.1, -0.05) is 44.2 Å². The number of guanidine groups is 1. The van der Waals surface area contributed by atoms with Gasteiger partial charge in [-0.25, -0.2) is 0 Å². The third-order valence-corrected chi connectivity index (χ3v) is 2.55. The van der Waals surface area contributed by atoms with Gasteiger partial charge in [-0.15, -0.1) is 24.0 Å². The van der Waals surface area contributed by atoms with Crippen LogP contribution in [0, 0.1) is 5.92 Å². The standard InChI is InChI=1S/C15H25N3O.HI/c1-13(2)11-18-15(16-3)17-9-10-19-12-14-7-5-4-6-8-14;/h4-8,13H,9-12H2,1-3H3,(H2,16,17,18);1H. The first-order valence-electron chi connectivity index (χ1n) is 6.78. The molecule has 0 spiro atoms. The van der Waals surface area contributed by atoms with E-state index >= 15 is 0 Å². The minimum absolute atomic E-state index is 0. The maximum Gasteiger partial charge on any atom is 0.191 e. The van der Waals surface area contributed by atoms with Crippen molar-refractivity contribution in [3.8, 4) is 0 Å². The zero-order valence-corrected chi connectivity index (χ0v) is 14.9. The predicted octanol–water partition coefficient (Wildman–Crippen LogP) is 2.64. The maximum atomic E-state index is 5.59. The van der Waals surface area contributed by atoms with E-state index in [9.17, 15) is 0 Å². The average Bonchev–Trinajstić information content (AvgIpc) is 2.42. The van der Waals surface area contributed by atoms with E-state index in [1.165, 1.54) is 5.56 Å². The number of ether oxygens (including phenoxy) is 1. The van der Waals surface area contributed by atoms with Crippen molar-refractivity contribution in [2.24, 2.45) is 10.9 Å². The van der Waals surface area contributed by atoms with E-state index in [0.29, 0.717) is 19.1 Å². The topological polar surface area (TPSA) is 45.7 Å². The molecule has 0 saturated heterocycles. The molecule has 1 aromatic carbocycles. The largest absolute Gasteiger partial charge is 0.375 e. The van der Waals surface area contributed by atoms with Crippen molar-refractivity contribution in [2.75, 3.05) is 26.7 Å². The van der Waals surface area contributed by atoms with Gasteiger partial charge in [-0.2, -0.15) is 0 Å². The van der Waals surface area contributed by atoms with Crippen molar-refractivity contribution in [3.63, 3.8) is 0 Å². The van der Waals surface area contributed by atoms with E-state index in [4.69, 9.17) is 4.74 Å². The second-order valence-electron chi connectivity index (χ2n) is 4.81. The fraction of sp³-hybridized carbons (Fsp3) is 0.533. The molecule has 0 saturated carbocycles. The number of halogens is 1. The van der Waals surface area contributed by atoms with Crippen LogP contribution in [0.2, 0.25) is 0 Å². The Bertz CT molecular complexity index is 369. The Kier molecular flexibility index (Phi) is 11.5. The summed E-state index contributed by atoms with van der Waals surface area (Å²) in [7, 11) is 1.78. The van der Waals surface area contributed by atoms with Crippen molar-refractivity contribution in [1.82, 2.24) is 10.6 Å². The molecule has 0 amide bonds. The second kappa shape index (κ2) is 12.0. The average molecular weight is 391 g/mol. The van der Waals surface area contributed by atoms with Crippen LogP contribution in [0.1, 0.15) is 19.4 Å². The van der Waals surface area contributed by atoms with Crippen LogP contribution in [-0.2, 0) is 11.3 Å². The third-order valence-electron chi connectivity index (χ3n) is 2.55. The molecule has 0 atom stereocenters. The first kappa shape index (κ1) is 19.2. The molecule has 1 aromatic rings. The highest BCUT2D eigenvalue weighted by atomic mass is 127. The third kappa shape index (κ3) is 9.14. The van der Waals surface area contributed by atoms with Crippen LogP contribution in [0.15, 0.2) is 35.3 Å². The van der Waals surface area contributed by atoms with Crippen LogP contribution >= 0.6 is 24.0 Å². The van der Waals surface area contributed by atoms with Gasteiger partial charge in [0.05, 0.1) is 13.2 Å². The van der Waals surface area contributed by atoms with Gasteiger partial charge in [-0.05, 0) is 11.5 Å². The van der Waals surface area contributed by atoms with Crippen molar-refractivity contribution in [2.45, 2.75) is 20.5 Å². The Balaban J connectivity index is 0.00000361. The molecule has 20 heavy (non-hydrogen) atoms. The Morgan fingerprint density at radius 2 is 1.90 bits per heavy atom. The molecular formula is C15H26IN3O. The lowest BCUT2D eigenvalue weighted by Crippen LogP contribution is -2.40. The number of hydrogen-bond donors (Lipinski definition) is 2. The summed E-state index contributed by atoms with van der Waals surface area (Å²) in [4.78, 5) is 4.15. The molecule has 0 radical (unpaired) electrons. The molecule has 0 fully saturated rings. The molecule has 114 valence electrons. The van der Waals surface area contributed by atoms with Crippen LogP contribution in [-0.4, -0.2) is 32.7 Å². The molecule has 5 heteroatoms. The predicted molar refractivity (Wildman–Crippen MR) is 95.7 cm³/mol. The number of nitrogens with one attached hydrogen (secondary N) is 2. The van der Waals surface area contributed by atoms with Crippen LogP contribution in [0.5, 0.6) is 0 Å². The number of benzene rings is 1. The monoisotopic (exact) mass is 391 g/mol. The smallest absolute Gasteiger partial charge is 0.191 e. The SMILES string of the molecule is CN=C(NCCOCc1ccccc1)NCC(C)C.I. The van der Waals surface area contributed by atoms with Crippen molar-refractivity contribution < 1.29 is 4.74 Å². The zero-order chi connectivity index (χ0) is 13.9. The first-order valence-corrected chi connectivity index (χ1v) is 6.78. The van der Waals surface area contributed by atoms with E-state index in [0.717, 1.165) is 19.0 Å². The normalized spacial score (nSPS) is 11.1. The van der Waals surface area contributed by atoms with Crippen LogP contribution in [0.4, 0.5) is 0 Å². The molecule has 0 unspecified atom stereocenters. The first-order chi connectivity index (χ1) is 9.22. The molecule has 0 aliphatic carbocycles. The molecule has 0 aliphatic rings. The minimum Gasteiger partial charge on any atom is -0.375 e. The minimum atomic E-state index is 0. The summed E-state index contributed by atoms with van der Waals surface area (Å²) in [5, 5.41) is 6.49. The molecule has 2 N–H and O–H groups in total. The number of aliphatic imine (C=N–C) groups is 1. The molecule has 0 aliphatic heterocycles. The Morgan fingerprint density at radius 3 is 2.50 bits per heavy atom. The summed E-state index contributed by atoms with van der Waals surface area (Å²) in [6.07, 6.45) is 0. The summed E-state index contributed by atoms with van der Waals surface area (Å²) in [5.41, 5.74) is 1.20. The second-order valence-corrected chi connectivity index (χ2v) is 4.81. The fourth-order valence-corrected chi connectivity index (χ4v) is 1.53. The summed E-state index contributed by atoms with van der Waals surface area (Å²) in [6.45, 7) is 7.33. The molecule has 0 heterocycles. The molecule has 4 nitrogen and oxygen atoms in total. The van der Waals surface area contributed by atoms with Gasteiger partial charge < -0.3 is 15.4 Å². The Labute approximate surface area is 139 Å². The van der Waals surface area contributed by atoms with Crippen molar-refractivity contribution >= 4 is 29.9 Å². The van der Waals surface area contributed by atoms with Gasteiger partial charge >= 0.3 is 0 Å². The fourth-order valence-electron chi connectivity index (χ4n) is 1.53. The van der Waals surface area contributed by atoms with E-state index in [1.54, 1.807) is 7.05 Å². The summed E-state index contributed by atoms with van der Waals surface area (Å²) in [6, 6.07) is 10.2. The molecule has 0 aromatic heterocycles. The summed E-state index contributed by atoms with van der Waals surface area (Å²) >= 11 is 0. The van der Waals surface area contributed by atoms with Gasteiger partial charge in [0.25, 0.3) is 0 Å². The summed E-state index contributed by atoms with van der Waals surface area (Å²) in [5.74, 6) is 1.44. The number of rotatable bonds is 7. The quantitative estimate of drug-likeness (QED) is 0.325. The summed E-state index contributed by atoms with van der Waals surface area (Å²) < 4.78 is 5.59. The lowest BCUT2D eigenvalue weighted by Gasteiger charge is -2.13. The Hall–Kier alpha value is -0.820. The highest BCUT2D eigenvalue weighted by Crippen LogP contribution is 1.99.